The first-order chi connectivity index (χ1) is 18.4. The first kappa shape index (κ1) is 30.8. The predicted octanol–water partition coefficient (Wildman–Crippen LogP) is 5.50. The summed E-state index contributed by atoms with van der Waals surface area (Å²) in [6.07, 6.45) is 13.2. The molecule has 2 fully saturated rings. The number of allylic oxidation sites excluding steroid dienone is 4. The molecular weight excluding hydrogens is 500 g/mol. The van der Waals surface area contributed by atoms with Crippen LogP contribution in [-0.2, 0) is 23.9 Å². The van der Waals surface area contributed by atoms with Gasteiger partial charge in [0.2, 0.25) is 0 Å². The van der Waals surface area contributed by atoms with E-state index in [0.717, 1.165) is 12.8 Å². The molecule has 8 heteroatoms. The Morgan fingerprint density at radius 3 is 2.38 bits per heavy atom. The fourth-order valence-electron chi connectivity index (χ4n) is 5.97. The monoisotopic (exact) mass is 544 g/mol. The van der Waals surface area contributed by atoms with Crippen molar-refractivity contribution in [1.29, 1.82) is 0 Å². The van der Waals surface area contributed by atoms with E-state index in [0.29, 0.717) is 11.8 Å². The minimum absolute atomic E-state index is 0.0131. The molecule has 39 heavy (non-hydrogen) atoms. The summed E-state index contributed by atoms with van der Waals surface area (Å²) in [5.74, 6) is -4.63. The molecule has 0 aromatic carbocycles. The van der Waals surface area contributed by atoms with E-state index in [9.17, 15) is 24.6 Å². The molecule has 8 nitrogen and oxygen atoms in total. The number of carboxylic acids is 3. The predicted molar refractivity (Wildman–Crippen MR) is 147 cm³/mol. The zero-order valence-electron chi connectivity index (χ0n) is 23.7. The molecule has 3 rings (SSSR count). The Kier molecular flexibility index (Phi) is 10.7. The van der Waals surface area contributed by atoms with Gasteiger partial charge in [0.05, 0.1) is 36.3 Å². The Hall–Kier alpha value is -2.71. The zero-order valence-corrected chi connectivity index (χ0v) is 23.7. The number of carboxylic acid groups (broad SMARTS) is 3. The second kappa shape index (κ2) is 13.6. The molecular formula is C31H44O8. The summed E-state index contributed by atoms with van der Waals surface area (Å²) in [6, 6.07) is 0. The first-order valence-electron chi connectivity index (χ1n) is 14.1. The molecule has 1 aliphatic carbocycles. The maximum atomic E-state index is 12.0. The summed E-state index contributed by atoms with van der Waals surface area (Å²) in [5, 5.41) is 28.4. The summed E-state index contributed by atoms with van der Waals surface area (Å²) in [7, 11) is 0. The van der Waals surface area contributed by atoms with E-state index < -0.39 is 42.0 Å². The van der Waals surface area contributed by atoms with Crippen molar-refractivity contribution in [2.75, 3.05) is 0 Å². The smallest absolute Gasteiger partial charge is 0.310 e. The van der Waals surface area contributed by atoms with Crippen LogP contribution in [0.2, 0.25) is 0 Å². The van der Waals surface area contributed by atoms with Gasteiger partial charge < -0.3 is 24.8 Å². The van der Waals surface area contributed by atoms with Crippen molar-refractivity contribution >= 4 is 17.9 Å². The van der Waals surface area contributed by atoms with Crippen LogP contribution in [0.15, 0.2) is 47.6 Å². The average Bonchev–Trinajstić information content (AvgIpc) is 3.51. The molecule has 0 bridgehead atoms. The summed E-state index contributed by atoms with van der Waals surface area (Å²) in [6.45, 7) is 10.7. The van der Waals surface area contributed by atoms with Crippen LogP contribution in [0, 0.1) is 35.5 Å². The van der Waals surface area contributed by atoms with E-state index in [1.54, 1.807) is 6.08 Å². The Morgan fingerprint density at radius 1 is 1.08 bits per heavy atom. The fraction of sp³-hybridized carbons (Fsp3) is 0.645. The largest absolute Gasteiger partial charge is 0.481 e. The molecule has 0 radical (unpaired) electrons. The molecule has 0 aromatic rings. The Morgan fingerprint density at radius 2 is 1.77 bits per heavy atom. The highest BCUT2D eigenvalue weighted by Crippen LogP contribution is 2.48. The number of carbonyl (C=O) groups is 3. The van der Waals surface area contributed by atoms with Crippen LogP contribution in [0.5, 0.6) is 0 Å². The first-order valence-corrected chi connectivity index (χ1v) is 14.1. The lowest BCUT2D eigenvalue weighted by Crippen LogP contribution is -2.47. The number of hydrogen-bond acceptors (Lipinski definition) is 5. The SMILES string of the molecule is CC[C@H]1O[C@@H](/C(C)=C/[C@H](C)/C=C/[C@H]2[C@@H](C)[C@@H]2/C=C/[C@@H]2O[C@H](CCC(=O)O)CC(C(=O)O)C2C(=O)O)CC=C1C. The summed E-state index contributed by atoms with van der Waals surface area (Å²) in [4.78, 5) is 34.8. The van der Waals surface area contributed by atoms with Crippen molar-refractivity contribution in [3.63, 3.8) is 0 Å². The lowest BCUT2D eigenvalue weighted by Gasteiger charge is -2.37. The van der Waals surface area contributed by atoms with Crippen LogP contribution in [-0.4, -0.2) is 57.6 Å². The Bertz CT molecular complexity index is 1020. The quantitative estimate of drug-likeness (QED) is 0.275. The van der Waals surface area contributed by atoms with Crippen molar-refractivity contribution < 1.29 is 39.2 Å². The van der Waals surface area contributed by atoms with Crippen molar-refractivity contribution in [2.45, 2.75) is 91.1 Å². The molecule has 0 amide bonds. The maximum Gasteiger partial charge on any atom is 0.310 e. The Balaban J connectivity index is 1.63. The van der Waals surface area contributed by atoms with E-state index in [-0.39, 0.29) is 43.3 Å². The second-order valence-electron chi connectivity index (χ2n) is 11.5. The second-order valence-corrected chi connectivity index (χ2v) is 11.5. The van der Waals surface area contributed by atoms with Gasteiger partial charge in [0.1, 0.15) is 0 Å². The topological polar surface area (TPSA) is 130 Å². The van der Waals surface area contributed by atoms with Crippen molar-refractivity contribution in [3.05, 3.63) is 47.6 Å². The molecule has 0 aromatic heterocycles. The minimum atomic E-state index is -1.22. The molecule has 2 heterocycles. The standard InChI is InChI=1S/C31H44O8/c1-6-25-18(3)8-12-26(39-25)19(4)15-17(2)7-10-22-20(5)23(22)11-13-27-29(31(36)37)24(30(34)35)16-21(38-27)9-14-28(32)33/h7-8,10-11,13,15,17,20-27,29H,6,9,12,14,16H2,1-5H3,(H,32,33)(H,34,35)(H,36,37)/b10-7+,13-11+,19-15+/t17-,20-,21-,22+,23+,24?,25-,26-,27+,29?/m1/s1. The normalized spacial score (nSPS) is 36.1. The summed E-state index contributed by atoms with van der Waals surface area (Å²) >= 11 is 0. The molecule has 3 N–H and O–H groups in total. The maximum absolute atomic E-state index is 12.0. The summed E-state index contributed by atoms with van der Waals surface area (Å²) < 4.78 is 12.2. The molecule has 3 aliphatic rings. The van der Waals surface area contributed by atoms with Gasteiger partial charge in [-0.3, -0.25) is 14.4 Å². The third-order valence-electron chi connectivity index (χ3n) is 8.51. The minimum Gasteiger partial charge on any atom is -0.481 e. The molecule has 1 saturated heterocycles. The van der Waals surface area contributed by atoms with Crippen molar-refractivity contribution in [3.8, 4) is 0 Å². The number of hydrogen-bond donors (Lipinski definition) is 3. The number of ether oxygens (including phenoxy) is 2. The average molecular weight is 545 g/mol. The fourth-order valence-corrected chi connectivity index (χ4v) is 5.97. The van der Waals surface area contributed by atoms with E-state index in [4.69, 9.17) is 14.6 Å². The van der Waals surface area contributed by atoms with Gasteiger partial charge in [-0.15, -0.1) is 0 Å². The molecule has 0 spiro atoms. The zero-order chi connectivity index (χ0) is 28.9. The van der Waals surface area contributed by atoms with Crippen LogP contribution >= 0.6 is 0 Å². The molecule has 1 saturated carbocycles. The van der Waals surface area contributed by atoms with Gasteiger partial charge in [0.25, 0.3) is 0 Å². The number of rotatable bonds is 12. The lowest BCUT2D eigenvalue weighted by atomic mass is 9.79. The third kappa shape index (κ3) is 8.15. The third-order valence-corrected chi connectivity index (χ3v) is 8.51. The molecule has 2 unspecified atom stereocenters. The van der Waals surface area contributed by atoms with Gasteiger partial charge in [0, 0.05) is 6.42 Å². The van der Waals surface area contributed by atoms with Gasteiger partial charge in [-0.1, -0.05) is 57.2 Å². The van der Waals surface area contributed by atoms with Gasteiger partial charge in [-0.25, -0.2) is 0 Å². The molecule has 216 valence electrons. The lowest BCUT2D eigenvalue weighted by molar-refractivity contribution is -0.172. The number of aliphatic carboxylic acids is 3. The van der Waals surface area contributed by atoms with E-state index in [2.05, 4.69) is 58.9 Å². The van der Waals surface area contributed by atoms with E-state index in [1.165, 1.54) is 11.1 Å². The van der Waals surface area contributed by atoms with Crippen molar-refractivity contribution in [2.24, 2.45) is 35.5 Å². The highest BCUT2D eigenvalue weighted by atomic mass is 16.5. The van der Waals surface area contributed by atoms with E-state index >= 15 is 0 Å². The highest BCUT2D eigenvalue weighted by Gasteiger charge is 2.47. The van der Waals surface area contributed by atoms with Crippen LogP contribution in [0.4, 0.5) is 0 Å². The molecule has 2 aliphatic heterocycles. The van der Waals surface area contributed by atoms with E-state index in [1.807, 2.05) is 6.08 Å². The van der Waals surface area contributed by atoms with Crippen molar-refractivity contribution in [1.82, 2.24) is 0 Å². The highest BCUT2D eigenvalue weighted by molar-refractivity contribution is 5.81. The van der Waals surface area contributed by atoms with Gasteiger partial charge in [0.15, 0.2) is 0 Å². The van der Waals surface area contributed by atoms with Gasteiger partial charge >= 0.3 is 17.9 Å². The van der Waals surface area contributed by atoms with Crippen LogP contribution in [0.3, 0.4) is 0 Å². The van der Waals surface area contributed by atoms with Gasteiger partial charge in [-0.2, -0.15) is 0 Å². The van der Waals surface area contributed by atoms with Crippen LogP contribution < -0.4 is 0 Å². The molecule has 10 atom stereocenters. The Labute approximate surface area is 231 Å². The summed E-state index contributed by atoms with van der Waals surface area (Å²) in [5.41, 5.74) is 2.54. The van der Waals surface area contributed by atoms with Crippen LogP contribution in [0.25, 0.3) is 0 Å². The van der Waals surface area contributed by atoms with Crippen LogP contribution in [0.1, 0.15) is 66.7 Å². The van der Waals surface area contributed by atoms with Gasteiger partial charge in [-0.05, 0) is 74.3 Å².